The Morgan fingerprint density at radius 1 is 1.25 bits per heavy atom. The summed E-state index contributed by atoms with van der Waals surface area (Å²) in [4.78, 5) is 2.29. The van der Waals surface area contributed by atoms with Crippen molar-refractivity contribution in [3.8, 4) is 0 Å². The molecule has 1 N–H and O–H groups in total. The first kappa shape index (κ1) is 9.17. The highest BCUT2D eigenvalue weighted by molar-refractivity contribution is 5.13. The fourth-order valence-electron chi connectivity index (χ4n) is 1.35. The normalized spacial score (nSPS) is 16.8. The molecule has 0 aromatic rings. The zero-order valence-corrected chi connectivity index (χ0v) is 8.33. The highest BCUT2D eigenvalue weighted by Gasteiger charge is 2.15. The smallest absolute Gasteiger partial charge is 0.0364 e. The number of rotatable bonds is 2. The van der Waals surface area contributed by atoms with Gasteiger partial charge in [-0.1, -0.05) is 13.8 Å². The maximum absolute atomic E-state index is 3.12. The third-order valence-corrected chi connectivity index (χ3v) is 2.01. The molecule has 0 amide bonds. The van der Waals surface area contributed by atoms with Gasteiger partial charge < -0.3 is 10.2 Å². The van der Waals surface area contributed by atoms with Crippen LogP contribution in [-0.4, -0.2) is 10.9 Å². The summed E-state index contributed by atoms with van der Waals surface area (Å²) in [6, 6.07) is 0.539. The van der Waals surface area contributed by atoms with Crippen molar-refractivity contribution in [2.45, 2.75) is 33.7 Å². The Hall–Kier alpha value is -0.920. The number of hydrogen-bond acceptors (Lipinski definition) is 2. The topological polar surface area (TPSA) is 15.3 Å². The monoisotopic (exact) mass is 166 g/mol. The average molecular weight is 166 g/mol. The summed E-state index contributed by atoms with van der Waals surface area (Å²) >= 11 is 0. The third-order valence-electron chi connectivity index (χ3n) is 2.01. The lowest BCUT2D eigenvalue weighted by Gasteiger charge is -2.32. The lowest BCUT2D eigenvalue weighted by Crippen LogP contribution is -2.31. The van der Waals surface area contributed by atoms with Crippen LogP contribution in [0.25, 0.3) is 0 Å². The first-order valence-electron chi connectivity index (χ1n) is 4.54. The molecule has 1 aliphatic rings. The second kappa shape index (κ2) is 3.65. The average Bonchev–Trinajstić information content (AvgIpc) is 2.04. The van der Waals surface area contributed by atoms with E-state index in [1.54, 1.807) is 0 Å². The molecule has 0 bridgehead atoms. The molecule has 1 aliphatic heterocycles. The van der Waals surface area contributed by atoms with Gasteiger partial charge in [0.25, 0.3) is 0 Å². The molecular formula is C10H18N2. The highest BCUT2D eigenvalue weighted by Crippen LogP contribution is 2.19. The summed E-state index contributed by atoms with van der Waals surface area (Å²) < 4.78 is 0. The van der Waals surface area contributed by atoms with E-state index in [1.807, 2.05) is 6.20 Å². The molecule has 0 unspecified atom stereocenters. The van der Waals surface area contributed by atoms with Crippen LogP contribution >= 0.6 is 0 Å². The first-order valence-corrected chi connectivity index (χ1v) is 4.54. The molecule has 0 saturated heterocycles. The van der Waals surface area contributed by atoms with Gasteiger partial charge in [-0.3, -0.25) is 0 Å². The number of nitrogens with zero attached hydrogens (tertiary/aromatic N) is 1. The van der Waals surface area contributed by atoms with E-state index in [-0.39, 0.29) is 0 Å². The van der Waals surface area contributed by atoms with Crippen molar-refractivity contribution in [2.24, 2.45) is 5.92 Å². The van der Waals surface area contributed by atoms with Gasteiger partial charge >= 0.3 is 0 Å². The Balaban J connectivity index is 2.76. The summed E-state index contributed by atoms with van der Waals surface area (Å²) in [5.74, 6) is 0.574. The molecule has 0 aromatic heterocycles. The lowest BCUT2D eigenvalue weighted by atomic mass is 10.1. The predicted octanol–water partition coefficient (Wildman–Crippen LogP) is 2.27. The van der Waals surface area contributed by atoms with Crippen molar-refractivity contribution in [2.75, 3.05) is 0 Å². The molecule has 0 aliphatic carbocycles. The first-order chi connectivity index (χ1) is 5.63. The predicted molar refractivity (Wildman–Crippen MR) is 52.2 cm³/mol. The van der Waals surface area contributed by atoms with Crippen LogP contribution in [0.5, 0.6) is 0 Å². The van der Waals surface area contributed by atoms with Crippen molar-refractivity contribution < 1.29 is 0 Å². The summed E-state index contributed by atoms with van der Waals surface area (Å²) in [6.07, 6.45) is 6.14. The number of allylic oxidation sites excluding steroid dienone is 1. The highest BCUT2D eigenvalue weighted by atomic mass is 15.2. The molecule has 68 valence electrons. The quantitative estimate of drug-likeness (QED) is 0.677. The standard InChI is InChI=1S/C10H18N2/c1-8(2)10-7-11-5-6-12(10)9(3)4/h5-9,11H,1-4H3. The molecule has 0 spiro atoms. The second-order valence-electron chi connectivity index (χ2n) is 3.71. The zero-order valence-electron chi connectivity index (χ0n) is 8.33. The van der Waals surface area contributed by atoms with Crippen LogP contribution in [0.1, 0.15) is 27.7 Å². The van der Waals surface area contributed by atoms with Crippen LogP contribution in [0.4, 0.5) is 0 Å². The SMILES string of the molecule is CC(C)C1=CNC=CN1C(C)C. The van der Waals surface area contributed by atoms with Crippen LogP contribution in [0.2, 0.25) is 0 Å². The van der Waals surface area contributed by atoms with Crippen LogP contribution < -0.4 is 5.32 Å². The van der Waals surface area contributed by atoms with Crippen molar-refractivity contribution >= 4 is 0 Å². The van der Waals surface area contributed by atoms with E-state index >= 15 is 0 Å². The molecule has 2 heteroatoms. The maximum Gasteiger partial charge on any atom is 0.0364 e. The molecule has 0 saturated carbocycles. The van der Waals surface area contributed by atoms with Gasteiger partial charge in [-0.05, 0) is 19.8 Å². The third kappa shape index (κ3) is 1.81. The van der Waals surface area contributed by atoms with E-state index in [0.717, 1.165) is 0 Å². The number of nitrogens with one attached hydrogen (secondary N) is 1. The van der Waals surface area contributed by atoms with Gasteiger partial charge in [0.15, 0.2) is 0 Å². The largest absolute Gasteiger partial charge is 0.365 e. The molecule has 0 aromatic carbocycles. The van der Waals surface area contributed by atoms with E-state index in [0.29, 0.717) is 12.0 Å². The molecule has 1 rings (SSSR count). The van der Waals surface area contributed by atoms with E-state index in [1.165, 1.54) is 5.70 Å². The Bertz CT molecular complexity index is 202. The maximum atomic E-state index is 3.12. The van der Waals surface area contributed by atoms with E-state index < -0.39 is 0 Å². The molecule has 0 atom stereocenters. The van der Waals surface area contributed by atoms with Gasteiger partial charge in [-0.25, -0.2) is 0 Å². The van der Waals surface area contributed by atoms with Crippen molar-refractivity contribution in [1.82, 2.24) is 10.2 Å². The van der Waals surface area contributed by atoms with Gasteiger partial charge in [0.1, 0.15) is 0 Å². The zero-order chi connectivity index (χ0) is 9.14. The van der Waals surface area contributed by atoms with Gasteiger partial charge in [-0.2, -0.15) is 0 Å². The van der Waals surface area contributed by atoms with Crippen molar-refractivity contribution in [3.05, 3.63) is 24.3 Å². The van der Waals surface area contributed by atoms with E-state index in [9.17, 15) is 0 Å². The fourth-order valence-corrected chi connectivity index (χ4v) is 1.35. The van der Waals surface area contributed by atoms with E-state index in [4.69, 9.17) is 0 Å². The van der Waals surface area contributed by atoms with Crippen molar-refractivity contribution in [3.63, 3.8) is 0 Å². The molecule has 0 fully saturated rings. The van der Waals surface area contributed by atoms with Gasteiger partial charge in [-0.15, -0.1) is 0 Å². The van der Waals surface area contributed by atoms with Gasteiger partial charge in [0, 0.05) is 30.3 Å². The minimum atomic E-state index is 0.539. The minimum absolute atomic E-state index is 0.539. The summed E-state index contributed by atoms with van der Waals surface area (Å²) in [5.41, 5.74) is 1.35. The van der Waals surface area contributed by atoms with E-state index in [2.05, 4.69) is 50.3 Å². The Morgan fingerprint density at radius 3 is 2.33 bits per heavy atom. The Kier molecular flexibility index (Phi) is 2.79. The molecule has 1 heterocycles. The molecule has 0 radical (unpaired) electrons. The minimum Gasteiger partial charge on any atom is -0.365 e. The van der Waals surface area contributed by atoms with Crippen LogP contribution in [0.3, 0.4) is 0 Å². The Morgan fingerprint density at radius 2 is 1.92 bits per heavy atom. The molecule has 2 nitrogen and oxygen atoms in total. The second-order valence-corrected chi connectivity index (χ2v) is 3.71. The van der Waals surface area contributed by atoms with Crippen LogP contribution in [0, 0.1) is 5.92 Å². The van der Waals surface area contributed by atoms with Crippen LogP contribution in [0.15, 0.2) is 24.3 Å². The lowest BCUT2D eigenvalue weighted by molar-refractivity contribution is 0.339. The van der Waals surface area contributed by atoms with Gasteiger partial charge in [0.2, 0.25) is 0 Å². The molecule has 12 heavy (non-hydrogen) atoms. The number of hydrogen-bond donors (Lipinski definition) is 1. The van der Waals surface area contributed by atoms with Crippen molar-refractivity contribution in [1.29, 1.82) is 0 Å². The fraction of sp³-hybridized carbons (Fsp3) is 0.600. The van der Waals surface area contributed by atoms with Crippen LogP contribution in [-0.2, 0) is 0 Å². The summed E-state index contributed by atoms with van der Waals surface area (Å²) in [5, 5.41) is 3.12. The Labute approximate surface area is 74.9 Å². The van der Waals surface area contributed by atoms with Gasteiger partial charge in [0.05, 0.1) is 0 Å². The summed E-state index contributed by atoms with van der Waals surface area (Å²) in [6.45, 7) is 8.82. The summed E-state index contributed by atoms with van der Waals surface area (Å²) in [7, 11) is 0. The molecular weight excluding hydrogens is 148 g/mol.